The molecule has 0 saturated carbocycles. The molecule has 2 aromatic heterocycles. The number of Topliss-reactive ketones (excluding diaryl/α,β-unsaturated/α-hetero) is 1. The van der Waals surface area contributed by atoms with Gasteiger partial charge in [0.05, 0.1) is 24.0 Å². The van der Waals surface area contributed by atoms with Crippen LogP contribution in [0, 0.1) is 0 Å². The van der Waals surface area contributed by atoms with E-state index in [1.807, 2.05) is 36.4 Å². The van der Waals surface area contributed by atoms with Crippen molar-refractivity contribution in [3.63, 3.8) is 0 Å². The fourth-order valence-electron chi connectivity index (χ4n) is 3.00. The molecular weight excluding hydrogens is 408 g/mol. The lowest BCUT2D eigenvalue weighted by molar-refractivity contribution is 0.101. The van der Waals surface area contributed by atoms with Crippen LogP contribution in [0.1, 0.15) is 17.3 Å². The Labute approximate surface area is 176 Å². The average molecular weight is 425 g/mol. The summed E-state index contributed by atoms with van der Waals surface area (Å²) < 4.78 is 7.87. The van der Waals surface area contributed by atoms with Gasteiger partial charge in [0, 0.05) is 9.90 Å². The topological polar surface area (TPSA) is 61.2 Å². The number of hydrogen-bond acceptors (Lipinski definition) is 5. The summed E-state index contributed by atoms with van der Waals surface area (Å²) in [5.74, 6) is 0.456. The van der Waals surface area contributed by atoms with Crippen molar-refractivity contribution < 1.29 is 9.53 Å². The molecule has 0 radical (unpaired) electrons. The maximum atomic E-state index is 12.8. The number of carbonyl (C=O) groups excluding carboxylic acids is 1. The zero-order valence-corrected chi connectivity index (χ0v) is 17.2. The molecule has 0 atom stereocenters. The Hall–Kier alpha value is -2.96. The largest absolute Gasteiger partial charge is 0.491 e. The monoisotopic (exact) mass is 424 g/mol. The summed E-state index contributed by atoms with van der Waals surface area (Å²) >= 11 is 7.36. The molecule has 0 unspecified atom stereocenters. The molecule has 2 heterocycles. The summed E-state index contributed by atoms with van der Waals surface area (Å²) in [5.41, 5.74) is 2.08. The molecule has 29 heavy (non-hydrogen) atoms. The van der Waals surface area contributed by atoms with Gasteiger partial charge in [-0.1, -0.05) is 35.9 Å². The highest BCUT2D eigenvalue weighted by Gasteiger charge is 2.12. The van der Waals surface area contributed by atoms with Crippen LogP contribution in [-0.4, -0.2) is 21.9 Å². The molecule has 0 aliphatic rings. The first-order valence-corrected chi connectivity index (χ1v) is 10.2. The number of benzene rings is 2. The van der Waals surface area contributed by atoms with Gasteiger partial charge in [-0.25, -0.2) is 4.98 Å². The Morgan fingerprint density at radius 2 is 1.93 bits per heavy atom. The minimum atomic E-state index is -0.108. The fraction of sp³-hybridized carbons (Fsp3) is 0.136. The first-order chi connectivity index (χ1) is 14.0. The Morgan fingerprint density at radius 3 is 2.69 bits per heavy atom. The molecular formula is C22H17ClN2O3S. The minimum absolute atomic E-state index is 0.0610. The first-order valence-electron chi connectivity index (χ1n) is 9.00. The maximum absolute atomic E-state index is 12.8. The molecule has 0 bridgehead atoms. The molecule has 0 saturated heterocycles. The lowest BCUT2D eigenvalue weighted by Gasteiger charge is -2.10. The normalized spacial score (nSPS) is 11.0. The molecule has 0 fully saturated rings. The molecule has 2 aromatic carbocycles. The van der Waals surface area contributed by atoms with Crippen LogP contribution < -0.4 is 10.3 Å². The van der Waals surface area contributed by atoms with Gasteiger partial charge in [-0.05, 0) is 42.8 Å². The highest BCUT2D eigenvalue weighted by Crippen LogP contribution is 2.31. The van der Waals surface area contributed by atoms with Gasteiger partial charge < -0.3 is 4.74 Å². The fourth-order valence-corrected chi connectivity index (χ4v) is 4.19. The highest BCUT2D eigenvalue weighted by atomic mass is 35.5. The van der Waals surface area contributed by atoms with E-state index in [9.17, 15) is 9.59 Å². The standard InChI is InChI=1S/C22H17ClN2O3S/c1-14(26)17-4-2-3-5-19(17)28-11-10-25-13-24-18-12-20(29-21(18)22(25)27)15-6-8-16(23)9-7-15/h2-9,12-13H,10-11H2,1H3. The van der Waals surface area contributed by atoms with Gasteiger partial charge in [0.25, 0.3) is 5.56 Å². The number of thiophene rings is 1. The predicted octanol–water partition coefficient (Wildman–Crippen LogP) is 5.06. The number of ether oxygens (including phenoxy) is 1. The number of aromatic nitrogens is 2. The molecule has 4 aromatic rings. The Bertz CT molecular complexity index is 1250. The molecule has 0 aliphatic heterocycles. The van der Waals surface area contributed by atoms with Gasteiger partial charge in [0.1, 0.15) is 17.1 Å². The van der Waals surface area contributed by atoms with Crippen LogP contribution in [0.15, 0.2) is 65.7 Å². The van der Waals surface area contributed by atoms with Crippen molar-refractivity contribution in [2.45, 2.75) is 13.5 Å². The summed E-state index contributed by atoms with van der Waals surface area (Å²) in [4.78, 5) is 29.9. The maximum Gasteiger partial charge on any atom is 0.271 e. The summed E-state index contributed by atoms with van der Waals surface area (Å²) in [6.07, 6.45) is 1.53. The summed E-state index contributed by atoms with van der Waals surface area (Å²) in [7, 11) is 0. The van der Waals surface area contributed by atoms with Crippen LogP contribution in [0.4, 0.5) is 0 Å². The highest BCUT2D eigenvalue weighted by molar-refractivity contribution is 7.22. The Morgan fingerprint density at radius 1 is 1.17 bits per heavy atom. The lowest BCUT2D eigenvalue weighted by Crippen LogP contribution is -2.23. The SMILES string of the molecule is CC(=O)c1ccccc1OCCn1cnc2cc(-c3ccc(Cl)cc3)sc2c1=O. The number of carbonyl (C=O) groups is 1. The van der Waals surface area contributed by atoms with Crippen LogP contribution in [0.3, 0.4) is 0 Å². The lowest BCUT2D eigenvalue weighted by atomic mass is 10.1. The van der Waals surface area contributed by atoms with E-state index < -0.39 is 0 Å². The molecule has 0 aliphatic carbocycles. The summed E-state index contributed by atoms with van der Waals surface area (Å²) in [6, 6.07) is 16.5. The number of halogens is 1. The smallest absolute Gasteiger partial charge is 0.271 e. The van der Waals surface area contributed by atoms with Gasteiger partial charge in [-0.2, -0.15) is 0 Å². The van der Waals surface area contributed by atoms with Crippen molar-refractivity contribution in [3.8, 4) is 16.2 Å². The van der Waals surface area contributed by atoms with E-state index in [2.05, 4.69) is 4.98 Å². The van der Waals surface area contributed by atoms with Gasteiger partial charge in [0.15, 0.2) is 5.78 Å². The molecule has 0 amide bonds. The number of ketones is 1. The summed E-state index contributed by atoms with van der Waals surface area (Å²) in [5, 5.41) is 0.668. The van der Waals surface area contributed by atoms with Crippen molar-refractivity contribution in [1.82, 2.24) is 9.55 Å². The van der Waals surface area contributed by atoms with E-state index in [-0.39, 0.29) is 17.9 Å². The molecule has 4 rings (SSSR count). The van der Waals surface area contributed by atoms with Crippen LogP contribution in [0.2, 0.25) is 5.02 Å². The van der Waals surface area contributed by atoms with E-state index in [0.29, 0.717) is 33.1 Å². The molecule has 5 nitrogen and oxygen atoms in total. The van der Waals surface area contributed by atoms with Gasteiger partial charge in [0.2, 0.25) is 0 Å². The molecule has 0 spiro atoms. The van der Waals surface area contributed by atoms with Gasteiger partial charge in [-0.15, -0.1) is 11.3 Å². The number of rotatable bonds is 6. The summed E-state index contributed by atoms with van der Waals surface area (Å²) in [6.45, 7) is 2.09. The minimum Gasteiger partial charge on any atom is -0.491 e. The molecule has 0 N–H and O–H groups in total. The van der Waals surface area contributed by atoms with E-state index in [4.69, 9.17) is 16.3 Å². The third-order valence-electron chi connectivity index (χ3n) is 4.49. The average Bonchev–Trinajstić information content (AvgIpc) is 3.16. The predicted molar refractivity (Wildman–Crippen MR) is 116 cm³/mol. The van der Waals surface area contributed by atoms with Crippen molar-refractivity contribution >= 4 is 38.9 Å². The zero-order chi connectivity index (χ0) is 20.4. The van der Waals surface area contributed by atoms with Crippen LogP contribution >= 0.6 is 22.9 Å². The second-order valence-corrected chi connectivity index (χ2v) is 7.96. The van der Waals surface area contributed by atoms with Crippen molar-refractivity contribution in [3.05, 3.63) is 81.9 Å². The van der Waals surface area contributed by atoms with Crippen LogP contribution in [0.5, 0.6) is 5.75 Å². The van der Waals surface area contributed by atoms with E-state index in [1.165, 1.54) is 29.2 Å². The number of hydrogen-bond donors (Lipinski definition) is 0. The van der Waals surface area contributed by atoms with Crippen LogP contribution in [0.25, 0.3) is 20.7 Å². The van der Waals surface area contributed by atoms with Crippen LogP contribution in [-0.2, 0) is 6.54 Å². The third kappa shape index (κ3) is 4.09. The zero-order valence-electron chi connectivity index (χ0n) is 15.6. The number of nitrogens with zero attached hydrogens (tertiary/aromatic N) is 2. The quantitative estimate of drug-likeness (QED) is 0.406. The first kappa shape index (κ1) is 19.4. The van der Waals surface area contributed by atoms with E-state index in [0.717, 1.165) is 10.4 Å². The van der Waals surface area contributed by atoms with Crippen molar-refractivity contribution in [1.29, 1.82) is 0 Å². The van der Waals surface area contributed by atoms with E-state index in [1.54, 1.807) is 18.2 Å². The number of fused-ring (bicyclic) bond motifs is 1. The third-order valence-corrected chi connectivity index (χ3v) is 5.90. The Balaban J connectivity index is 1.54. The van der Waals surface area contributed by atoms with Gasteiger partial charge in [-0.3, -0.25) is 14.2 Å². The second-order valence-electron chi connectivity index (χ2n) is 6.48. The van der Waals surface area contributed by atoms with Gasteiger partial charge >= 0.3 is 0 Å². The second kappa shape index (κ2) is 8.19. The molecule has 146 valence electrons. The van der Waals surface area contributed by atoms with E-state index >= 15 is 0 Å². The van der Waals surface area contributed by atoms with Crippen molar-refractivity contribution in [2.24, 2.45) is 0 Å². The molecule has 7 heteroatoms. The van der Waals surface area contributed by atoms with Crippen molar-refractivity contribution in [2.75, 3.05) is 6.61 Å². The Kier molecular flexibility index (Phi) is 5.47. The number of para-hydroxylation sites is 1.